The Labute approximate surface area is 174 Å². The first-order valence-corrected chi connectivity index (χ1v) is 10.5. The number of methoxy groups -OCH3 is 1. The number of hydrogen-bond acceptors (Lipinski definition) is 6. The molecule has 8 heteroatoms. The molecule has 0 atom stereocenters. The van der Waals surface area contributed by atoms with Gasteiger partial charge in [0.2, 0.25) is 0 Å². The number of carbonyl (C=O) groups is 2. The summed E-state index contributed by atoms with van der Waals surface area (Å²) in [6.45, 7) is 6.17. The third-order valence-electron chi connectivity index (χ3n) is 4.63. The van der Waals surface area contributed by atoms with Gasteiger partial charge in [0.25, 0.3) is 5.91 Å². The lowest BCUT2D eigenvalue weighted by Gasteiger charge is -2.14. The van der Waals surface area contributed by atoms with Crippen LogP contribution in [0.2, 0.25) is 0 Å². The van der Waals surface area contributed by atoms with Crippen LogP contribution in [-0.4, -0.2) is 40.3 Å². The standard InChI is InChI=1S/C21H26N4O3S/c1-21(2,3)18-10-17(25(4)24-18)19(26)23-15-9-7-6-8-14(15)22-16-12-29-11-13(16)20(27)28-5/h6-10,22H,11-12H2,1-5H3,(H,23,26). The zero-order chi connectivity index (χ0) is 21.2. The summed E-state index contributed by atoms with van der Waals surface area (Å²) in [4.78, 5) is 24.9. The first-order chi connectivity index (χ1) is 13.7. The minimum absolute atomic E-state index is 0.146. The Morgan fingerprint density at radius 1 is 1.17 bits per heavy atom. The highest BCUT2D eigenvalue weighted by molar-refractivity contribution is 8.00. The fraction of sp³-hybridized carbons (Fsp3) is 0.381. The third-order valence-corrected chi connectivity index (χ3v) is 5.62. The number of aryl methyl sites for hydroxylation is 1. The minimum Gasteiger partial charge on any atom is -0.466 e. The minimum atomic E-state index is -0.330. The van der Waals surface area contributed by atoms with Crippen molar-refractivity contribution >= 4 is 35.0 Å². The van der Waals surface area contributed by atoms with Gasteiger partial charge in [-0.15, -0.1) is 0 Å². The second-order valence-corrected chi connectivity index (χ2v) is 8.84. The summed E-state index contributed by atoms with van der Waals surface area (Å²) in [7, 11) is 3.14. The molecule has 1 aromatic carbocycles. The molecule has 0 aliphatic carbocycles. The molecule has 0 fully saturated rings. The fourth-order valence-electron chi connectivity index (χ4n) is 2.94. The Balaban J connectivity index is 1.84. The number of carbonyl (C=O) groups excluding carboxylic acids is 2. The van der Waals surface area contributed by atoms with E-state index in [9.17, 15) is 9.59 Å². The van der Waals surface area contributed by atoms with Crippen LogP contribution >= 0.6 is 11.8 Å². The number of hydrogen-bond donors (Lipinski definition) is 2. The molecule has 0 saturated heterocycles. The number of rotatable bonds is 5. The zero-order valence-corrected chi connectivity index (χ0v) is 18.1. The van der Waals surface area contributed by atoms with Crippen LogP contribution in [0.1, 0.15) is 37.0 Å². The van der Waals surface area contributed by atoms with Crippen molar-refractivity contribution in [2.75, 3.05) is 29.2 Å². The quantitative estimate of drug-likeness (QED) is 0.728. The van der Waals surface area contributed by atoms with Crippen LogP contribution in [0.25, 0.3) is 0 Å². The van der Waals surface area contributed by atoms with Crippen LogP contribution in [0.5, 0.6) is 0 Å². The molecule has 7 nitrogen and oxygen atoms in total. The van der Waals surface area contributed by atoms with Crippen molar-refractivity contribution in [3.05, 3.63) is 53.0 Å². The lowest BCUT2D eigenvalue weighted by molar-refractivity contribution is -0.136. The molecule has 2 heterocycles. The number of amides is 1. The predicted molar refractivity (Wildman–Crippen MR) is 116 cm³/mol. The SMILES string of the molecule is COC(=O)C1=C(Nc2ccccc2NC(=O)c2cc(C(C)(C)C)nn2C)CSC1. The van der Waals surface area contributed by atoms with E-state index < -0.39 is 0 Å². The topological polar surface area (TPSA) is 85.2 Å². The van der Waals surface area contributed by atoms with Gasteiger partial charge >= 0.3 is 5.97 Å². The molecule has 3 rings (SSSR count). The van der Waals surface area contributed by atoms with E-state index in [4.69, 9.17) is 4.74 Å². The molecule has 0 spiro atoms. The number of para-hydroxylation sites is 2. The molecule has 0 bridgehead atoms. The summed E-state index contributed by atoms with van der Waals surface area (Å²) in [6, 6.07) is 9.23. The number of ether oxygens (including phenoxy) is 1. The molecule has 29 heavy (non-hydrogen) atoms. The summed E-state index contributed by atoms with van der Waals surface area (Å²) >= 11 is 1.64. The second-order valence-electron chi connectivity index (χ2n) is 7.85. The lowest BCUT2D eigenvalue weighted by Crippen LogP contribution is -2.17. The molecule has 2 N–H and O–H groups in total. The molecule has 1 aliphatic rings. The van der Waals surface area contributed by atoms with Crippen LogP contribution in [0, 0.1) is 0 Å². The summed E-state index contributed by atoms with van der Waals surface area (Å²) in [5.41, 5.74) is 3.97. The third kappa shape index (κ3) is 4.64. The molecular weight excluding hydrogens is 388 g/mol. The number of benzene rings is 1. The van der Waals surface area contributed by atoms with Gasteiger partial charge in [-0.2, -0.15) is 16.9 Å². The zero-order valence-electron chi connectivity index (χ0n) is 17.3. The fourth-order valence-corrected chi connectivity index (χ4v) is 3.99. The number of nitrogens with one attached hydrogen (secondary N) is 2. The highest BCUT2D eigenvalue weighted by atomic mass is 32.2. The average molecular weight is 415 g/mol. The van der Waals surface area contributed by atoms with E-state index in [2.05, 4.69) is 36.5 Å². The normalized spacial score (nSPS) is 14.1. The van der Waals surface area contributed by atoms with Crippen molar-refractivity contribution in [3.63, 3.8) is 0 Å². The average Bonchev–Trinajstić information content (AvgIpc) is 3.29. The summed E-state index contributed by atoms with van der Waals surface area (Å²) < 4.78 is 6.46. The van der Waals surface area contributed by atoms with Gasteiger partial charge in [0.05, 0.1) is 29.8 Å². The monoisotopic (exact) mass is 414 g/mol. The van der Waals surface area contributed by atoms with Crippen LogP contribution in [0.15, 0.2) is 41.6 Å². The molecule has 1 amide bonds. The Hall–Kier alpha value is -2.74. The number of esters is 1. The van der Waals surface area contributed by atoms with Crippen molar-refractivity contribution in [1.82, 2.24) is 9.78 Å². The van der Waals surface area contributed by atoms with Crippen molar-refractivity contribution in [2.24, 2.45) is 7.05 Å². The maximum atomic E-state index is 12.9. The molecule has 1 aromatic heterocycles. The van der Waals surface area contributed by atoms with Gasteiger partial charge in [0, 0.05) is 29.7 Å². The Kier molecular flexibility index (Phi) is 6.02. The van der Waals surface area contributed by atoms with Gasteiger partial charge in [0.15, 0.2) is 0 Å². The predicted octanol–water partition coefficient (Wildman–Crippen LogP) is 3.56. The molecular formula is C21H26N4O3S. The summed E-state index contributed by atoms with van der Waals surface area (Å²) in [6.07, 6.45) is 0. The van der Waals surface area contributed by atoms with E-state index in [-0.39, 0.29) is 17.3 Å². The number of anilines is 2. The van der Waals surface area contributed by atoms with E-state index in [1.165, 1.54) is 7.11 Å². The number of thioether (sulfide) groups is 1. The van der Waals surface area contributed by atoms with Crippen molar-refractivity contribution in [1.29, 1.82) is 0 Å². The highest BCUT2D eigenvalue weighted by Gasteiger charge is 2.24. The summed E-state index contributed by atoms with van der Waals surface area (Å²) in [5, 5.41) is 10.7. The van der Waals surface area contributed by atoms with Crippen molar-refractivity contribution < 1.29 is 14.3 Å². The highest BCUT2D eigenvalue weighted by Crippen LogP contribution is 2.30. The van der Waals surface area contributed by atoms with Crippen LogP contribution in [0.3, 0.4) is 0 Å². The molecule has 1 aliphatic heterocycles. The molecule has 154 valence electrons. The Morgan fingerprint density at radius 3 is 2.48 bits per heavy atom. The van der Waals surface area contributed by atoms with E-state index in [1.807, 2.05) is 30.3 Å². The molecule has 0 unspecified atom stereocenters. The van der Waals surface area contributed by atoms with Crippen LogP contribution < -0.4 is 10.6 Å². The molecule has 0 radical (unpaired) electrons. The van der Waals surface area contributed by atoms with E-state index in [1.54, 1.807) is 23.5 Å². The van der Waals surface area contributed by atoms with Crippen LogP contribution in [-0.2, 0) is 22.0 Å². The first kappa shape index (κ1) is 21.0. The number of nitrogens with zero attached hydrogens (tertiary/aromatic N) is 2. The number of aromatic nitrogens is 2. The summed E-state index contributed by atoms with van der Waals surface area (Å²) in [5.74, 6) is 0.716. The van der Waals surface area contributed by atoms with Crippen LogP contribution in [0.4, 0.5) is 11.4 Å². The van der Waals surface area contributed by atoms with E-state index >= 15 is 0 Å². The van der Waals surface area contributed by atoms with Gasteiger partial charge < -0.3 is 15.4 Å². The smallest absolute Gasteiger partial charge is 0.336 e. The van der Waals surface area contributed by atoms with E-state index in [0.717, 1.165) is 17.1 Å². The maximum absolute atomic E-state index is 12.9. The van der Waals surface area contributed by atoms with Gasteiger partial charge in [-0.3, -0.25) is 9.48 Å². The van der Waals surface area contributed by atoms with Gasteiger partial charge in [-0.05, 0) is 18.2 Å². The van der Waals surface area contributed by atoms with Crippen molar-refractivity contribution in [3.8, 4) is 0 Å². The van der Waals surface area contributed by atoms with Gasteiger partial charge in [0.1, 0.15) is 5.69 Å². The molecule has 0 saturated carbocycles. The van der Waals surface area contributed by atoms with E-state index in [0.29, 0.717) is 28.5 Å². The molecule has 2 aromatic rings. The van der Waals surface area contributed by atoms with Gasteiger partial charge in [-0.25, -0.2) is 4.79 Å². The maximum Gasteiger partial charge on any atom is 0.336 e. The Bertz CT molecular complexity index is 973. The first-order valence-electron chi connectivity index (χ1n) is 9.30. The van der Waals surface area contributed by atoms with Crippen molar-refractivity contribution in [2.45, 2.75) is 26.2 Å². The second kappa shape index (κ2) is 8.32. The van der Waals surface area contributed by atoms with Gasteiger partial charge in [-0.1, -0.05) is 32.9 Å². The largest absolute Gasteiger partial charge is 0.466 e. The lowest BCUT2D eigenvalue weighted by atomic mass is 9.92. The Morgan fingerprint density at radius 2 is 1.86 bits per heavy atom.